The number of methoxy groups -OCH3 is 2. The molecule has 0 spiro atoms. The number of allylic oxidation sites excluding steroid dienone is 4. The molecule has 0 N–H and O–H groups in total. The van der Waals surface area contributed by atoms with Crippen molar-refractivity contribution in [2.75, 3.05) is 14.2 Å². The monoisotopic (exact) mass is 821 g/mol. The Hall–Kier alpha value is -4.46. The predicted molar refractivity (Wildman–Crippen MR) is 198 cm³/mol. The number of halogens is 2. The summed E-state index contributed by atoms with van der Waals surface area (Å²) in [7, 11) is 4.55. The minimum atomic E-state index is -5.30. The number of aldehydes is 2. The zero-order chi connectivity index (χ0) is 37.9. The van der Waals surface area contributed by atoms with Gasteiger partial charge in [-0.25, -0.2) is 0 Å². The van der Waals surface area contributed by atoms with Crippen LogP contribution in [0.1, 0.15) is 97.4 Å². The van der Waals surface area contributed by atoms with Crippen molar-refractivity contribution < 1.29 is 34.4 Å². The summed E-state index contributed by atoms with van der Waals surface area (Å²) in [5, 5.41) is 0. The number of hydrogen-bond acceptors (Lipinski definition) is 8. The summed E-state index contributed by atoms with van der Waals surface area (Å²) < 4.78 is 44.1. The first-order chi connectivity index (χ1) is 24.9. The van der Waals surface area contributed by atoms with Crippen molar-refractivity contribution in [1.82, 2.24) is 17.3 Å². The van der Waals surface area contributed by atoms with E-state index in [1.54, 1.807) is 19.1 Å². The first-order valence-corrected chi connectivity index (χ1v) is 20.6. The molecule has 2 aliphatic heterocycles. The number of hydrogen-bond donors (Lipinski definition) is 0. The molecule has 10 nitrogen and oxygen atoms in total. The molecule has 0 aliphatic carbocycles. The Morgan fingerprint density at radius 1 is 0.673 bits per heavy atom. The van der Waals surface area contributed by atoms with Gasteiger partial charge in [-0.05, 0) is 0 Å². The minimum absolute atomic E-state index is 0.00826. The van der Waals surface area contributed by atoms with Crippen molar-refractivity contribution in [2.24, 2.45) is 7.05 Å². The summed E-state index contributed by atoms with van der Waals surface area (Å²) in [6, 6.07) is 7.26. The zero-order valence-corrected chi connectivity index (χ0v) is 33.5. The standard InChI is InChI=1S/C39H43N4O6.2FH.Sn/c1-22-26(10-8-16-44)35-21-37-29(11-9-17-45)25(4)36(43(37)5)20-32-24(3)28(13-15-39(47)49-7)34(42-32)19-31-23(2)27(12-14-38(46)48-6)33(40-31)18-30(22)41-35;;;/h16-21H,8-15H2,1-7H3;2*1H;/q-1;;;+4/p-2. The molecule has 272 valence electrons. The van der Waals surface area contributed by atoms with Crippen molar-refractivity contribution in [2.45, 2.75) is 79.1 Å². The van der Waals surface area contributed by atoms with Gasteiger partial charge in [0.15, 0.2) is 0 Å². The Balaban J connectivity index is 2.02. The van der Waals surface area contributed by atoms with E-state index in [1.807, 2.05) is 44.5 Å². The average Bonchev–Trinajstić information content (AvgIpc) is 3.74. The van der Waals surface area contributed by atoms with Gasteiger partial charge in [-0.1, -0.05) is 0 Å². The van der Waals surface area contributed by atoms with Gasteiger partial charge in [0.2, 0.25) is 0 Å². The number of carbonyl (C=O) groups excluding carboxylic acids is 4. The van der Waals surface area contributed by atoms with Crippen LogP contribution in [0.3, 0.4) is 0 Å². The molecule has 0 amide bonds. The topological polar surface area (TPSA) is 122 Å². The number of carbonyl (C=O) groups is 4. The van der Waals surface area contributed by atoms with Crippen LogP contribution >= 0.6 is 0 Å². The number of nitrogens with zero attached hydrogens (tertiary/aromatic N) is 4. The van der Waals surface area contributed by atoms with E-state index < -0.39 is 33.1 Å². The van der Waals surface area contributed by atoms with Crippen molar-refractivity contribution in [3.63, 3.8) is 0 Å². The van der Waals surface area contributed by atoms with E-state index in [0.717, 1.165) is 59.8 Å². The van der Waals surface area contributed by atoms with Crippen molar-refractivity contribution in [3.8, 4) is 0 Å². The summed E-state index contributed by atoms with van der Waals surface area (Å²) in [6.45, 7) is 7.56. The van der Waals surface area contributed by atoms with Crippen molar-refractivity contribution in [1.29, 1.82) is 0 Å². The Morgan fingerprint density at radius 2 is 1.13 bits per heavy atom. The molecule has 0 saturated carbocycles. The van der Waals surface area contributed by atoms with E-state index in [1.165, 1.54) is 14.2 Å². The van der Waals surface area contributed by atoms with E-state index in [0.29, 0.717) is 58.7 Å². The molecule has 0 fully saturated rings. The van der Waals surface area contributed by atoms with Crippen molar-refractivity contribution in [3.05, 3.63) is 69.3 Å². The maximum atomic E-state index is 15.6. The molecule has 0 unspecified atom stereocenters. The van der Waals surface area contributed by atoms with Gasteiger partial charge in [-0.15, -0.1) is 0 Å². The second-order valence-corrected chi connectivity index (χ2v) is 15.6. The van der Waals surface area contributed by atoms with E-state index >= 15 is 5.73 Å². The first-order valence-electron chi connectivity index (χ1n) is 17.2. The number of ether oxygens (including phenoxy) is 2. The number of aromatic nitrogens is 4. The molecule has 0 atom stereocenters. The van der Waals surface area contributed by atoms with Crippen LogP contribution in [-0.2, 0) is 48.5 Å². The Bertz CT molecular complexity index is 2200. The zero-order valence-electron chi connectivity index (χ0n) is 30.6. The molecule has 3 aromatic heterocycles. The van der Waals surface area contributed by atoms with E-state index in [-0.39, 0.29) is 37.6 Å². The Kier molecular flexibility index (Phi) is 12.3. The van der Waals surface area contributed by atoms with Crippen LogP contribution in [0.15, 0.2) is 24.3 Å². The van der Waals surface area contributed by atoms with Crippen LogP contribution in [0, 0.1) is 13.8 Å². The number of aryl methyl sites for hydroxylation is 5. The fraction of sp³-hybridized carbons (Fsp3) is 0.385. The Labute approximate surface area is 310 Å². The maximum absolute atomic E-state index is 15.6. The fourth-order valence-corrected chi connectivity index (χ4v) is 9.50. The summed E-state index contributed by atoms with van der Waals surface area (Å²) >= 11 is -5.30. The number of rotatable bonds is 13. The van der Waals surface area contributed by atoms with Crippen LogP contribution in [-0.4, -0.2) is 77.2 Å². The second-order valence-electron chi connectivity index (χ2n) is 13.0. The third-order valence-electron chi connectivity index (χ3n) is 10.2. The van der Waals surface area contributed by atoms with Crippen LogP contribution in [0.4, 0.5) is 5.73 Å². The predicted octanol–water partition coefficient (Wildman–Crippen LogP) is 7.22. The number of fused-ring (bicyclic) bond motifs is 8. The Morgan fingerprint density at radius 3 is 1.69 bits per heavy atom. The quantitative estimate of drug-likeness (QED) is 0.101. The van der Waals surface area contributed by atoms with Crippen LogP contribution in [0.25, 0.3) is 44.4 Å². The molecular weight excluding hydrogens is 777 g/mol. The molecule has 0 radical (unpaired) electrons. The molecule has 5 rings (SSSR count). The molecule has 13 heteroatoms. The second kappa shape index (κ2) is 16.5. The summed E-state index contributed by atoms with van der Waals surface area (Å²) in [4.78, 5) is 57.8. The van der Waals surface area contributed by atoms with Gasteiger partial charge in [0, 0.05) is 0 Å². The average molecular weight is 821 g/mol. The van der Waals surface area contributed by atoms with Crippen LogP contribution in [0.5, 0.6) is 0 Å². The van der Waals surface area contributed by atoms with Crippen molar-refractivity contribution >= 4 is 90.0 Å². The molecule has 8 bridgehead atoms. The normalized spacial score (nSPS) is 12.7. The van der Waals surface area contributed by atoms with Gasteiger partial charge in [0.05, 0.1) is 0 Å². The summed E-state index contributed by atoms with van der Waals surface area (Å²) in [5.74, 6) is -0.860. The molecule has 0 aromatic carbocycles. The molecular formula is C39H43F2N4O6Sn+. The molecule has 52 heavy (non-hydrogen) atoms. The summed E-state index contributed by atoms with van der Waals surface area (Å²) in [6.07, 6.45) is 3.71. The van der Waals surface area contributed by atoms with E-state index in [2.05, 4.69) is 0 Å². The van der Waals surface area contributed by atoms with Crippen LogP contribution < -0.4 is 0 Å². The summed E-state index contributed by atoms with van der Waals surface area (Å²) in [5.41, 5.74) is 10.7. The third-order valence-corrected chi connectivity index (χ3v) is 12.5. The molecule has 5 heterocycles. The molecule has 2 aliphatic rings. The molecule has 0 saturated heterocycles. The van der Waals surface area contributed by atoms with E-state index in [9.17, 15) is 19.2 Å². The number of esters is 2. The van der Waals surface area contributed by atoms with Gasteiger partial charge >= 0.3 is 307 Å². The van der Waals surface area contributed by atoms with Gasteiger partial charge in [0.25, 0.3) is 0 Å². The van der Waals surface area contributed by atoms with Gasteiger partial charge < -0.3 is 4.79 Å². The SMILES string of the molecule is COC(=O)CCC1=C(C)c2cc3c(C)c(CCC=O)c(cc4nc(cc5c(CCC(=O)OC)c(C)c(cc1n2)[n]5[Sn+]([F])[F])C(C)=C4CCC=O)n3C. The van der Waals surface area contributed by atoms with E-state index in [4.69, 9.17) is 19.4 Å². The van der Waals surface area contributed by atoms with Gasteiger partial charge in [-0.2, -0.15) is 0 Å². The van der Waals surface area contributed by atoms with Crippen LogP contribution in [0.2, 0.25) is 0 Å². The fourth-order valence-electron chi connectivity index (χ4n) is 7.23. The van der Waals surface area contributed by atoms with Gasteiger partial charge in [-0.3, -0.25) is 0 Å². The third kappa shape index (κ3) is 7.53. The van der Waals surface area contributed by atoms with Gasteiger partial charge in [0.1, 0.15) is 0 Å². The first kappa shape index (κ1) is 38.8. The molecule has 3 aromatic rings.